The van der Waals surface area contributed by atoms with Crippen LogP contribution in [0.15, 0.2) is 23.1 Å². The van der Waals surface area contributed by atoms with Crippen LogP contribution in [0, 0.1) is 0 Å². The lowest BCUT2D eigenvalue weighted by atomic mass is 9.94. The highest BCUT2D eigenvalue weighted by molar-refractivity contribution is 7.90. The van der Waals surface area contributed by atoms with Crippen LogP contribution < -0.4 is 11.1 Å². The van der Waals surface area contributed by atoms with E-state index in [9.17, 15) is 8.42 Å². The molecule has 4 nitrogen and oxygen atoms in total. The maximum Gasteiger partial charge on any atom is 0.175 e. The molecule has 2 rings (SSSR count). The number of nitrogens with one attached hydrogen (secondary N) is 1. The van der Waals surface area contributed by atoms with Crippen molar-refractivity contribution in [1.29, 1.82) is 0 Å². The van der Waals surface area contributed by atoms with Gasteiger partial charge in [0.05, 0.1) is 4.90 Å². The van der Waals surface area contributed by atoms with E-state index in [0.29, 0.717) is 11.4 Å². The van der Waals surface area contributed by atoms with Crippen molar-refractivity contribution in [1.82, 2.24) is 5.32 Å². The summed E-state index contributed by atoms with van der Waals surface area (Å²) < 4.78 is 22.9. The number of sulfone groups is 1. The summed E-state index contributed by atoms with van der Waals surface area (Å²) >= 11 is 0. The van der Waals surface area contributed by atoms with E-state index in [4.69, 9.17) is 5.73 Å². The van der Waals surface area contributed by atoms with Gasteiger partial charge in [-0.1, -0.05) is 6.07 Å². The first-order valence-electron chi connectivity index (χ1n) is 5.28. The molecule has 1 aromatic carbocycles. The molecule has 16 heavy (non-hydrogen) atoms. The zero-order valence-electron chi connectivity index (χ0n) is 9.23. The van der Waals surface area contributed by atoms with E-state index in [1.54, 1.807) is 12.1 Å². The molecular weight excluding hydrogens is 224 g/mol. The quantitative estimate of drug-likeness (QED) is 0.776. The SMILES string of the molecule is CS(=O)(=O)c1ccc2c(c1)C(CN)NCC2. The fourth-order valence-electron chi connectivity index (χ4n) is 2.06. The minimum Gasteiger partial charge on any atom is -0.329 e. The van der Waals surface area contributed by atoms with Gasteiger partial charge in [0.2, 0.25) is 0 Å². The zero-order valence-corrected chi connectivity index (χ0v) is 10.0. The second-order valence-electron chi connectivity index (χ2n) is 4.13. The third-order valence-electron chi connectivity index (χ3n) is 2.94. The molecular formula is C11H16N2O2S. The van der Waals surface area contributed by atoms with Crippen LogP contribution >= 0.6 is 0 Å². The van der Waals surface area contributed by atoms with E-state index < -0.39 is 9.84 Å². The van der Waals surface area contributed by atoms with Crippen molar-refractivity contribution in [3.63, 3.8) is 0 Å². The second kappa shape index (κ2) is 4.16. The van der Waals surface area contributed by atoms with Gasteiger partial charge >= 0.3 is 0 Å². The molecule has 0 bridgehead atoms. The molecule has 1 aromatic rings. The number of rotatable bonds is 2. The highest BCUT2D eigenvalue weighted by atomic mass is 32.2. The highest BCUT2D eigenvalue weighted by Crippen LogP contribution is 2.25. The number of hydrogen-bond donors (Lipinski definition) is 2. The van der Waals surface area contributed by atoms with Crippen molar-refractivity contribution in [2.75, 3.05) is 19.3 Å². The molecule has 0 radical (unpaired) electrons. The fourth-order valence-corrected chi connectivity index (χ4v) is 2.71. The normalized spacial score (nSPS) is 20.5. The summed E-state index contributed by atoms with van der Waals surface area (Å²) in [6, 6.07) is 5.39. The van der Waals surface area contributed by atoms with Gasteiger partial charge in [0.15, 0.2) is 9.84 Å². The molecule has 0 saturated heterocycles. The summed E-state index contributed by atoms with van der Waals surface area (Å²) in [7, 11) is -3.14. The maximum atomic E-state index is 11.5. The van der Waals surface area contributed by atoms with Gasteiger partial charge in [0.25, 0.3) is 0 Å². The predicted octanol–water partition coefficient (Wildman–Crippen LogP) is 0.236. The van der Waals surface area contributed by atoms with Gasteiger partial charge in [0.1, 0.15) is 0 Å². The molecule has 1 heterocycles. The summed E-state index contributed by atoms with van der Waals surface area (Å²) in [6.07, 6.45) is 2.15. The molecule has 88 valence electrons. The van der Waals surface area contributed by atoms with Crippen molar-refractivity contribution < 1.29 is 8.42 Å². The van der Waals surface area contributed by atoms with Crippen molar-refractivity contribution in [2.24, 2.45) is 5.73 Å². The maximum absolute atomic E-state index is 11.5. The third kappa shape index (κ3) is 2.11. The van der Waals surface area contributed by atoms with Crippen LogP contribution in [0.4, 0.5) is 0 Å². The molecule has 0 aromatic heterocycles. The summed E-state index contributed by atoms with van der Waals surface area (Å²) in [6.45, 7) is 1.38. The van der Waals surface area contributed by atoms with Crippen molar-refractivity contribution >= 4 is 9.84 Å². The molecule has 1 aliphatic heterocycles. The van der Waals surface area contributed by atoms with Crippen molar-refractivity contribution in [2.45, 2.75) is 17.4 Å². The Bertz CT molecular complexity index is 497. The lowest BCUT2D eigenvalue weighted by Gasteiger charge is -2.26. The van der Waals surface area contributed by atoms with Crippen LogP contribution in [0.25, 0.3) is 0 Å². The van der Waals surface area contributed by atoms with E-state index in [1.807, 2.05) is 6.07 Å². The van der Waals surface area contributed by atoms with Crippen LogP contribution in [0.5, 0.6) is 0 Å². The number of hydrogen-bond acceptors (Lipinski definition) is 4. The number of nitrogens with two attached hydrogens (primary N) is 1. The molecule has 3 N–H and O–H groups in total. The minimum absolute atomic E-state index is 0.0745. The summed E-state index contributed by atoms with van der Waals surface area (Å²) in [5.74, 6) is 0. The molecule has 5 heteroatoms. The van der Waals surface area contributed by atoms with Gasteiger partial charge in [-0.25, -0.2) is 8.42 Å². The molecule has 1 unspecified atom stereocenters. The first kappa shape index (κ1) is 11.6. The Morgan fingerprint density at radius 1 is 1.50 bits per heavy atom. The summed E-state index contributed by atoms with van der Waals surface area (Å²) in [5.41, 5.74) is 7.89. The van der Waals surface area contributed by atoms with Gasteiger partial charge in [-0.3, -0.25) is 0 Å². The molecule has 0 fully saturated rings. The van der Waals surface area contributed by atoms with Gasteiger partial charge in [-0.15, -0.1) is 0 Å². The smallest absolute Gasteiger partial charge is 0.175 e. The average molecular weight is 240 g/mol. The lowest BCUT2D eigenvalue weighted by Crippen LogP contribution is -2.34. The Labute approximate surface area is 95.8 Å². The van der Waals surface area contributed by atoms with Crippen molar-refractivity contribution in [3.8, 4) is 0 Å². The van der Waals surface area contributed by atoms with E-state index in [-0.39, 0.29) is 6.04 Å². The van der Waals surface area contributed by atoms with Crippen LogP contribution in [0.3, 0.4) is 0 Å². The molecule has 0 amide bonds. The van der Waals surface area contributed by atoms with Crippen LogP contribution in [0.2, 0.25) is 0 Å². The molecule has 1 atom stereocenters. The highest BCUT2D eigenvalue weighted by Gasteiger charge is 2.20. The van der Waals surface area contributed by atoms with Crippen LogP contribution in [-0.2, 0) is 16.3 Å². The van der Waals surface area contributed by atoms with Gasteiger partial charge in [-0.2, -0.15) is 0 Å². The zero-order chi connectivity index (χ0) is 11.8. The molecule has 0 saturated carbocycles. The van der Waals surface area contributed by atoms with Crippen molar-refractivity contribution in [3.05, 3.63) is 29.3 Å². The summed E-state index contributed by atoms with van der Waals surface area (Å²) in [4.78, 5) is 0.369. The average Bonchev–Trinajstić information content (AvgIpc) is 2.26. The summed E-state index contributed by atoms with van der Waals surface area (Å²) in [5, 5.41) is 3.28. The Morgan fingerprint density at radius 2 is 2.25 bits per heavy atom. The lowest BCUT2D eigenvalue weighted by molar-refractivity contribution is 0.511. The Balaban J connectivity index is 2.51. The minimum atomic E-state index is -3.14. The standard InChI is InChI=1S/C11H16N2O2S/c1-16(14,15)9-3-2-8-4-5-13-11(7-12)10(8)6-9/h2-3,6,11,13H,4-5,7,12H2,1H3. The Hall–Kier alpha value is -0.910. The molecule has 1 aliphatic rings. The third-order valence-corrected chi connectivity index (χ3v) is 4.05. The van der Waals surface area contributed by atoms with E-state index in [1.165, 1.54) is 11.8 Å². The monoisotopic (exact) mass is 240 g/mol. The molecule has 0 spiro atoms. The van der Waals surface area contributed by atoms with Gasteiger partial charge in [0, 0.05) is 18.8 Å². The van der Waals surface area contributed by atoms with E-state index in [0.717, 1.165) is 18.5 Å². The second-order valence-corrected chi connectivity index (χ2v) is 6.14. The van der Waals surface area contributed by atoms with Crippen LogP contribution in [0.1, 0.15) is 17.2 Å². The first-order chi connectivity index (χ1) is 7.52. The topological polar surface area (TPSA) is 72.2 Å². The molecule has 0 aliphatic carbocycles. The largest absolute Gasteiger partial charge is 0.329 e. The van der Waals surface area contributed by atoms with Gasteiger partial charge < -0.3 is 11.1 Å². The Kier molecular flexibility index (Phi) is 3.01. The number of fused-ring (bicyclic) bond motifs is 1. The fraction of sp³-hybridized carbons (Fsp3) is 0.455. The van der Waals surface area contributed by atoms with Crippen LogP contribution in [-0.4, -0.2) is 27.8 Å². The first-order valence-corrected chi connectivity index (χ1v) is 7.18. The Morgan fingerprint density at radius 3 is 2.88 bits per heavy atom. The predicted molar refractivity (Wildman–Crippen MR) is 63.1 cm³/mol. The van der Waals surface area contributed by atoms with Gasteiger partial charge in [-0.05, 0) is 36.2 Å². The number of benzene rings is 1. The van der Waals surface area contributed by atoms with E-state index in [2.05, 4.69) is 5.32 Å². The van der Waals surface area contributed by atoms with E-state index >= 15 is 0 Å².